The summed E-state index contributed by atoms with van der Waals surface area (Å²) in [7, 11) is 0. The van der Waals surface area contributed by atoms with Crippen LogP contribution in [0.3, 0.4) is 0 Å². The molecule has 0 bridgehead atoms. The highest BCUT2D eigenvalue weighted by atomic mass is 16.3. The number of nitrogens with zero attached hydrogens (tertiary/aromatic N) is 5. The first-order chi connectivity index (χ1) is 13.7. The van der Waals surface area contributed by atoms with Crippen molar-refractivity contribution in [1.29, 1.82) is 0 Å². The van der Waals surface area contributed by atoms with E-state index in [1.54, 1.807) is 12.3 Å². The van der Waals surface area contributed by atoms with Gasteiger partial charge in [-0.1, -0.05) is 12.8 Å². The van der Waals surface area contributed by atoms with E-state index in [0.717, 1.165) is 63.3 Å². The molecule has 2 fully saturated rings. The Morgan fingerprint density at radius 2 is 1.96 bits per heavy atom. The van der Waals surface area contributed by atoms with Crippen LogP contribution in [-0.2, 0) is 0 Å². The molecular formula is C20H28N6O2. The highest BCUT2D eigenvalue weighted by Crippen LogP contribution is 2.28. The van der Waals surface area contributed by atoms with Crippen LogP contribution in [0.5, 0.6) is 0 Å². The van der Waals surface area contributed by atoms with Gasteiger partial charge >= 0.3 is 0 Å². The van der Waals surface area contributed by atoms with E-state index in [2.05, 4.69) is 20.2 Å². The van der Waals surface area contributed by atoms with Gasteiger partial charge in [-0.15, -0.1) is 0 Å². The number of hydrogen-bond acceptors (Lipinski definition) is 7. The molecule has 0 amide bonds. The van der Waals surface area contributed by atoms with Crippen molar-refractivity contribution in [2.75, 3.05) is 23.3 Å². The average Bonchev–Trinajstić information content (AvgIpc) is 2.74. The van der Waals surface area contributed by atoms with E-state index in [-0.39, 0.29) is 17.6 Å². The minimum Gasteiger partial charge on any atom is -0.391 e. The maximum absolute atomic E-state index is 12.4. The number of aliphatic hydroxyl groups excluding tert-OH is 1. The number of anilines is 2. The molecule has 8 heteroatoms. The van der Waals surface area contributed by atoms with Gasteiger partial charge in [0.2, 0.25) is 0 Å². The van der Waals surface area contributed by atoms with E-state index in [4.69, 9.17) is 5.10 Å². The molecule has 1 saturated carbocycles. The first kappa shape index (κ1) is 18.9. The van der Waals surface area contributed by atoms with Gasteiger partial charge in [0.15, 0.2) is 0 Å². The fourth-order valence-electron chi connectivity index (χ4n) is 4.31. The first-order valence-corrected chi connectivity index (χ1v) is 10.3. The van der Waals surface area contributed by atoms with Crippen molar-refractivity contribution in [3.8, 4) is 0 Å². The lowest BCUT2D eigenvalue weighted by Gasteiger charge is -2.37. The summed E-state index contributed by atoms with van der Waals surface area (Å²) in [4.78, 5) is 22.9. The third-order valence-corrected chi connectivity index (χ3v) is 5.84. The zero-order valence-corrected chi connectivity index (χ0v) is 16.1. The van der Waals surface area contributed by atoms with Gasteiger partial charge in [0.1, 0.15) is 18.0 Å². The van der Waals surface area contributed by atoms with Gasteiger partial charge in [-0.2, -0.15) is 5.10 Å². The Morgan fingerprint density at radius 3 is 2.79 bits per heavy atom. The predicted octanol–water partition coefficient (Wildman–Crippen LogP) is 1.98. The van der Waals surface area contributed by atoms with Crippen molar-refractivity contribution >= 4 is 11.6 Å². The summed E-state index contributed by atoms with van der Waals surface area (Å²) in [5, 5.41) is 18.4. The summed E-state index contributed by atoms with van der Waals surface area (Å²) in [5.74, 6) is 1.62. The normalized spacial score (nSPS) is 25.5. The second kappa shape index (κ2) is 8.68. The fourth-order valence-corrected chi connectivity index (χ4v) is 4.31. The number of hydrogen-bond donors (Lipinski definition) is 2. The molecule has 2 aromatic heterocycles. The van der Waals surface area contributed by atoms with Gasteiger partial charge in [0.05, 0.1) is 12.1 Å². The third kappa shape index (κ3) is 4.16. The van der Waals surface area contributed by atoms with E-state index in [9.17, 15) is 9.90 Å². The average molecular weight is 384 g/mol. The molecule has 8 nitrogen and oxygen atoms in total. The minimum absolute atomic E-state index is 0.137. The molecule has 0 spiro atoms. The maximum Gasteiger partial charge on any atom is 0.267 e. The highest BCUT2D eigenvalue weighted by Gasteiger charge is 2.28. The molecule has 4 rings (SSSR count). The van der Waals surface area contributed by atoms with Crippen LogP contribution in [0.4, 0.5) is 11.6 Å². The Hall–Kier alpha value is -2.48. The first-order valence-electron chi connectivity index (χ1n) is 10.3. The monoisotopic (exact) mass is 384 g/mol. The van der Waals surface area contributed by atoms with Crippen molar-refractivity contribution in [3.63, 3.8) is 0 Å². The zero-order valence-electron chi connectivity index (χ0n) is 16.1. The molecule has 1 saturated heterocycles. The highest BCUT2D eigenvalue weighted by molar-refractivity contribution is 5.40. The van der Waals surface area contributed by atoms with Gasteiger partial charge in [-0.05, 0) is 44.2 Å². The van der Waals surface area contributed by atoms with E-state index in [0.29, 0.717) is 0 Å². The lowest BCUT2D eigenvalue weighted by atomic mass is 9.93. The van der Waals surface area contributed by atoms with Crippen molar-refractivity contribution in [2.45, 2.75) is 63.1 Å². The molecule has 150 valence electrons. The van der Waals surface area contributed by atoms with Crippen LogP contribution in [0.25, 0.3) is 0 Å². The molecule has 28 heavy (non-hydrogen) atoms. The molecule has 1 aliphatic heterocycles. The molecule has 3 unspecified atom stereocenters. The Kier molecular flexibility index (Phi) is 5.85. The van der Waals surface area contributed by atoms with E-state index in [1.165, 1.54) is 17.4 Å². The Morgan fingerprint density at radius 1 is 1.11 bits per heavy atom. The van der Waals surface area contributed by atoms with Gasteiger partial charge in [0.25, 0.3) is 5.56 Å². The van der Waals surface area contributed by atoms with Crippen molar-refractivity contribution < 1.29 is 5.11 Å². The second-order valence-electron chi connectivity index (χ2n) is 7.71. The number of aliphatic hydroxyl groups is 1. The van der Waals surface area contributed by atoms with Crippen molar-refractivity contribution in [3.05, 3.63) is 41.1 Å². The maximum atomic E-state index is 12.4. The summed E-state index contributed by atoms with van der Waals surface area (Å²) in [6, 6.07) is 5.32. The molecule has 0 aromatic carbocycles. The number of aromatic nitrogens is 4. The van der Waals surface area contributed by atoms with Crippen LogP contribution < -0.4 is 15.8 Å². The third-order valence-electron chi connectivity index (χ3n) is 5.84. The zero-order chi connectivity index (χ0) is 19.3. The summed E-state index contributed by atoms with van der Waals surface area (Å²) in [6.07, 6.45) is 9.67. The Labute approximate surface area is 164 Å². The van der Waals surface area contributed by atoms with E-state index in [1.807, 2.05) is 12.1 Å². The second-order valence-corrected chi connectivity index (χ2v) is 7.71. The molecule has 2 N–H and O–H groups in total. The molecular weight excluding hydrogens is 356 g/mol. The summed E-state index contributed by atoms with van der Waals surface area (Å²) >= 11 is 0. The molecule has 3 atom stereocenters. The minimum atomic E-state index is -0.495. The standard InChI is InChI=1S/C20H28N6O2/c27-17-7-2-1-6-16(17)26-20(28)9-8-19(24-26)25-12-4-3-5-15(25)13-22-18-10-11-21-14-23-18/h8-11,14-17,27H,1-7,12-13H2,(H,21,22,23). The molecule has 3 heterocycles. The molecule has 2 aliphatic rings. The SMILES string of the molecule is O=c1ccc(N2CCCCC2CNc2ccncn2)nn1C1CCCCC1O. The predicted molar refractivity (Wildman–Crippen MR) is 108 cm³/mol. The summed E-state index contributed by atoms with van der Waals surface area (Å²) in [5.41, 5.74) is -0.137. The van der Waals surface area contributed by atoms with Crippen molar-refractivity contribution in [2.24, 2.45) is 0 Å². The topological polar surface area (TPSA) is 96.2 Å². The van der Waals surface area contributed by atoms with Crippen LogP contribution in [-0.4, -0.2) is 50.1 Å². The molecule has 0 radical (unpaired) electrons. The van der Waals surface area contributed by atoms with Crippen LogP contribution >= 0.6 is 0 Å². The number of nitrogens with one attached hydrogen (secondary N) is 1. The fraction of sp³-hybridized carbons (Fsp3) is 0.600. The Balaban J connectivity index is 1.54. The molecule has 2 aromatic rings. The van der Waals surface area contributed by atoms with E-state index < -0.39 is 6.10 Å². The Bertz CT molecular complexity index is 827. The summed E-state index contributed by atoms with van der Waals surface area (Å²) < 4.78 is 1.52. The summed E-state index contributed by atoms with van der Waals surface area (Å²) in [6.45, 7) is 1.67. The molecule has 1 aliphatic carbocycles. The van der Waals surface area contributed by atoms with E-state index >= 15 is 0 Å². The quantitative estimate of drug-likeness (QED) is 0.814. The van der Waals surface area contributed by atoms with Gasteiger partial charge in [-0.25, -0.2) is 14.6 Å². The largest absolute Gasteiger partial charge is 0.391 e. The van der Waals surface area contributed by atoms with Crippen molar-refractivity contribution in [1.82, 2.24) is 19.7 Å². The number of rotatable bonds is 5. The van der Waals surface area contributed by atoms with Gasteiger partial charge in [-0.3, -0.25) is 4.79 Å². The van der Waals surface area contributed by atoms with Crippen LogP contribution in [0.2, 0.25) is 0 Å². The van der Waals surface area contributed by atoms with Crippen LogP contribution in [0, 0.1) is 0 Å². The lowest BCUT2D eigenvalue weighted by Crippen LogP contribution is -2.45. The number of piperidine rings is 1. The lowest BCUT2D eigenvalue weighted by molar-refractivity contribution is 0.0669. The van der Waals surface area contributed by atoms with Gasteiger partial charge < -0.3 is 15.3 Å². The van der Waals surface area contributed by atoms with Gasteiger partial charge in [0, 0.05) is 31.4 Å². The smallest absolute Gasteiger partial charge is 0.267 e. The van der Waals surface area contributed by atoms with Crippen LogP contribution in [0.1, 0.15) is 51.0 Å². The van der Waals surface area contributed by atoms with Crippen LogP contribution in [0.15, 0.2) is 35.5 Å².